The molecule has 0 saturated carbocycles. The first-order valence-corrected chi connectivity index (χ1v) is 6.06. The minimum Gasteiger partial charge on any atom is -0.370 e. The molecule has 0 amide bonds. The molecule has 1 N–H and O–H groups in total. The molecule has 2 nitrogen and oxygen atoms in total. The molecule has 0 fully saturated rings. The summed E-state index contributed by atoms with van der Waals surface area (Å²) in [6.45, 7) is 7.17. The Morgan fingerprint density at radius 3 is 2.25 bits per heavy atom. The predicted molar refractivity (Wildman–Crippen MR) is 68.7 cm³/mol. The highest BCUT2D eigenvalue weighted by Crippen LogP contribution is 2.19. The zero-order chi connectivity index (χ0) is 12.0. The van der Waals surface area contributed by atoms with Crippen LogP contribution in [0.5, 0.6) is 0 Å². The van der Waals surface area contributed by atoms with E-state index in [1.54, 1.807) is 0 Å². The van der Waals surface area contributed by atoms with Gasteiger partial charge in [0.05, 0.1) is 12.2 Å². The van der Waals surface area contributed by atoms with Crippen LogP contribution in [0.2, 0.25) is 0 Å². The lowest BCUT2D eigenvalue weighted by Crippen LogP contribution is -2.22. The fraction of sp³-hybridized carbons (Fsp3) is 0.571. The van der Waals surface area contributed by atoms with Crippen molar-refractivity contribution < 1.29 is 4.74 Å². The molecule has 0 heterocycles. The van der Waals surface area contributed by atoms with E-state index in [0.29, 0.717) is 0 Å². The van der Waals surface area contributed by atoms with E-state index >= 15 is 0 Å². The van der Waals surface area contributed by atoms with Gasteiger partial charge in [0, 0.05) is 6.54 Å². The highest BCUT2D eigenvalue weighted by Gasteiger charge is 2.12. The summed E-state index contributed by atoms with van der Waals surface area (Å²) in [7, 11) is 1.96. The molecule has 0 bridgehead atoms. The largest absolute Gasteiger partial charge is 0.370 e. The van der Waals surface area contributed by atoms with Crippen LogP contribution < -0.4 is 5.32 Å². The molecular formula is C14H23NO. The topological polar surface area (TPSA) is 21.3 Å². The molecule has 1 rings (SSSR count). The van der Waals surface area contributed by atoms with Gasteiger partial charge in [-0.25, -0.2) is 0 Å². The maximum absolute atomic E-state index is 5.89. The molecule has 0 saturated heterocycles. The zero-order valence-corrected chi connectivity index (χ0v) is 10.8. The molecule has 0 radical (unpaired) electrons. The van der Waals surface area contributed by atoms with Gasteiger partial charge in [-0.1, -0.05) is 31.2 Å². The van der Waals surface area contributed by atoms with Crippen LogP contribution in [0.15, 0.2) is 24.3 Å². The lowest BCUT2D eigenvalue weighted by molar-refractivity contribution is 0.00813. The summed E-state index contributed by atoms with van der Waals surface area (Å²) in [5, 5.41) is 3.18. The highest BCUT2D eigenvalue weighted by molar-refractivity contribution is 5.24. The molecule has 0 spiro atoms. The summed E-state index contributed by atoms with van der Waals surface area (Å²) in [6, 6.07) is 8.70. The van der Waals surface area contributed by atoms with Crippen molar-refractivity contribution in [2.75, 3.05) is 13.6 Å². The summed E-state index contributed by atoms with van der Waals surface area (Å²) in [6.07, 6.45) is 1.49. The van der Waals surface area contributed by atoms with Crippen LogP contribution in [0.1, 0.15) is 38.0 Å². The fourth-order valence-electron chi connectivity index (χ4n) is 1.73. The number of nitrogens with one attached hydrogen (secondary N) is 1. The van der Waals surface area contributed by atoms with Crippen molar-refractivity contribution >= 4 is 0 Å². The minimum atomic E-state index is 0.149. The van der Waals surface area contributed by atoms with Crippen molar-refractivity contribution in [3.8, 4) is 0 Å². The first kappa shape index (κ1) is 13.2. The Morgan fingerprint density at radius 2 is 1.81 bits per heavy atom. The Kier molecular flexibility index (Phi) is 5.50. The van der Waals surface area contributed by atoms with Crippen LogP contribution in [0.3, 0.4) is 0 Å². The third-order valence-corrected chi connectivity index (χ3v) is 2.59. The molecule has 1 aromatic rings. The van der Waals surface area contributed by atoms with Gasteiger partial charge in [0.25, 0.3) is 0 Å². The third kappa shape index (κ3) is 3.95. The van der Waals surface area contributed by atoms with Crippen molar-refractivity contribution in [2.45, 2.75) is 39.4 Å². The van der Waals surface area contributed by atoms with Gasteiger partial charge in [-0.2, -0.15) is 0 Å². The van der Waals surface area contributed by atoms with Gasteiger partial charge in [0.15, 0.2) is 0 Å². The first-order valence-electron chi connectivity index (χ1n) is 6.06. The second-order valence-corrected chi connectivity index (χ2v) is 4.33. The molecule has 16 heavy (non-hydrogen) atoms. The van der Waals surface area contributed by atoms with Crippen LogP contribution in [-0.2, 0) is 11.2 Å². The van der Waals surface area contributed by atoms with Gasteiger partial charge < -0.3 is 10.1 Å². The number of benzene rings is 1. The Hall–Kier alpha value is -0.860. The average molecular weight is 221 g/mol. The third-order valence-electron chi connectivity index (χ3n) is 2.59. The second-order valence-electron chi connectivity index (χ2n) is 4.33. The van der Waals surface area contributed by atoms with E-state index in [9.17, 15) is 0 Å². The van der Waals surface area contributed by atoms with E-state index < -0.39 is 0 Å². The predicted octanol–water partition coefficient (Wildman–Crippen LogP) is 2.93. The van der Waals surface area contributed by atoms with Crippen LogP contribution in [0.4, 0.5) is 0 Å². The van der Waals surface area contributed by atoms with Gasteiger partial charge in [0.1, 0.15) is 0 Å². The zero-order valence-electron chi connectivity index (χ0n) is 10.8. The maximum atomic E-state index is 5.89. The first-order chi connectivity index (χ1) is 7.67. The number of likely N-dealkylation sites (N-methyl/N-ethyl adjacent to an activating group) is 1. The summed E-state index contributed by atoms with van der Waals surface area (Å²) in [5.74, 6) is 0. The van der Waals surface area contributed by atoms with Crippen LogP contribution in [-0.4, -0.2) is 19.7 Å². The number of hydrogen-bond donors (Lipinski definition) is 1. The number of rotatable bonds is 6. The smallest absolute Gasteiger partial charge is 0.0952 e. The molecule has 2 heteroatoms. The summed E-state index contributed by atoms with van der Waals surface area (Å²) in [4.78, 5) is 0. The van der Waals surface area contributed by atoms with Gasteiger partial charge in [-0.15, -0.1) is 0 Å². The van der Waals surface area contributed by atoms with Crippen LogP contribution >= 0.6 is 0 Å². The quantitative estimate of drug-likeness (QED) is 0.797. The van der Waals surface area contributed by atoms with E-state index in [1.807, 2.05) is 7.05 Å². The van der Waals surface area contributed by atoms with E-state index in [-0.39, 0.29) is 12.2 Å². The van der Waals surface area contributed by atoms with E-state index in [0.717, 1.165) is 13.0 Å². The molecule has 0 aliphatic carbocycles. The van der Waals surface area contributed by atoms with Crippen molar-refractivity contribution in [1.82, 2.24) is 5.32 Å². The normalized spacial score (nSPS) is 13.1. The van der Waals surface area contributed by atoms with Crippen LogP contribution in [0.25, 0.3) is 0 Å². The van der Waals surface area contributed by atoms with Gasteiger partial charge in [-0.3, -0.25) is 0 Å². The molecule has 1 aromatic carbocycles. The van der Waals surface area contributed by atoms with E-state index in [1.165, 1.54) is 11.1 Å². The molecule has 0 aliphatic heterocycles. The van der Waals surface area contributed by atoms with Crippen molar-refractivity contribution in [3.05, 3.63) is 35.4 Å². The van der Waals surface area contributed by atoms with Gasteiger partial charge >= 0.3 is 0 Å². The Bertz CT molecular complexity index is 292. The molecule has 1 unspecified atom stereocenters. The number of aryl methyl sites for hydroxylation is 1. The standard InChI is InChI=1S/C14H23NO/c1-5-12-6-8-13(9-7-12)14(10-15-4)16-11(2)3/h6-9,11,14-15H,5,10H2,1-4H3. The van der Waals surface area contributed by atoms with Gasteiger partial charge in [0.2, 0.25) is 0 Å². The van der Waals surface area contributed by atoms with Crippen molar-refractivity contribution in [1.29, 1.82) is 0 Å². The minimum absolute atomic E-state index is 0.149. The maximum Gasteiger partial charge on any atom is 0.0952 e. The number of hydrogen-bond acceptors (Lipinski definition) is 2. The summed E-state index contributed by atoms with van der Waals surface area (Å²) < 4.78 is 5.89. The molecule has 0 aromatic heterocycles. The van der Waals surface area contributed by atoms with E-state index in [2.05, 4.69) is 50.4 Å². The molecule has 0 aliphatic rings. The monoisotopic (exact) mass is 221 g/mol. The highest BCUT2D eigenvalue weighted by atomic mass is 16.5. The molecular weight excluding hydrogens is 198 g/mol. The average Bonchev–Trinajstić information content (AvgIpc) is 2.28. The number of ether oxygens (including phenoxy) is 1. The lowest BCUT2D eigenvalue weighted by atomic mass is 10.1. The second kappa shape index (κ2) is 6.66. The fourth-order valence-corrected chi connectivity index (χ4v) is 1.73. The SMILES string of the molecule is CCc1ccc(C(CNC)OC(C)C)cc1. The molecule has 90 valence electrons. The van der Waals surface area contributed by atoms with Gasteiger partial charge in [-0.05, 0) is 38.4 Å². The van der Waals surface area contributed by atoms with E-state index in [4.69, 9.17) is 4.74 Å². The summed E-state index contributed by atoms with van der Waals surface area (Å²) in [5.41, 5.74) is 2.62. The van der Waals surface area contributed by atoms with Crippen LogP contribution in [0, 0.1) is 0 Å². The Balaban J connectivity index is 2.75. The molecule has 1 atom stereocenters. The Morgan fingerprint density at radius 1 is 1.19 bits per heavy atom. The lowest BCUT2D eigenvalue weighted by Gasteiger charge is -2.20. The summed E-state index contributed by atoms with van der Waals surface area (Å²) >= 11 is 0. The van der Waals surface area contributed by atoms with Crippen molar-refractivity contribution in [2.24, 2.45) is 0 Å². The Labute approximate surface area is 99.0 Å². The van der Waals surface area contributed by atoms with Crippen molar-refractivity contribution in [3.63, 3.8) is 0 Å².